The van der Waals surface area contributed by atoms with Gasteiger partial charge in [-0.2, -0.15) is 0 Å². The van der Waals surface area contributed by atoms with Crippen molar-refractivity contribution >= 4 is 33.9 Å². The van der Waals surface area contributed by atoms with Gasteiger partial charge in [-0.1, -0.05) is 11.6 Å². The van der Waals surface area contributed by atoms with Gasteiger partial charge in [-0.05, 0) is 36.2 Å². The van der Waals surface area contributed by atoms with E-state index in [0.29, 0.717) is 35.8 Å². The number of hydrogen-bond donors (Lipinski definition) is 2. The largest absolute Gasteiger partial charge is 0.477 e. The van der Waals surface area contributed by atoms with Crippen LogP contribution in [0.4, 0.5) is 11.5 Å². The summed E-state index contributed by atoms with van der Waals surface area (Å²) in [7, 11) is 0. The number of benzene rings is 1. The van der Waals surface area contributed by atoms with Gasteiger partial charge in [0.05, 0.1) is 11.6 Å². The van der Waals surface area contributed by atoms with Crippen molar-refractivity contribution in [1.29, 1.82) is 0 Å². The highest BCUT2D eigenvalue weighted by molar-refractivity contribution is 6.35. The second kappa shape index (κ2) is 8.43. The molecule has 3 N–H and O–H groups in total. The lowest BCUT2D eigenvalue weighted by Gasteiger charge is -2.23. The number of hydrogen-bond acceptors (Lipinski definition) is 6. The average Bonchev–Trinajstić information content (AvgIpc) is 3.27. The van der Waals surface area contributed by atoms with Gasteiger partial charge in [0.25, 0.3) is 0 Å². The molecule has 1 aliphatic rings. The molecular weight excluding hydrogens is 412 g/mol. The molecule has 0 saturated heterocycles. The van der Waals surface area contributed by atoms with Crippen LogP contribution in [0.1, 0.15) is 17.8 Å². The van der Waals surface area contributed by atoms with Crippen molar-refractivity contribution in [3.05, 3.63) is 71.5 Å². The third-order valence-electron chi connectivity index (χ3n) is 5.68. The van der Waals surface area contributed by atoms with Crippen molar-refractivity contribution < 1.29 is 4.74 Å². The molecule has 8 heteroatoms. The number of nitrogens with two attached hydrogens (primary N) is 1. The van der Waals surface area contributed by atoms with E-state index in [1.54, 1.807) is 12.4 Å². The maximum absolute atomic E-state index is 6.28. The Kier molecular flexibility index (Phi) is 5.34. The molecule has 0 unspecified atom stereocenters. The summed E-state index contributed by atoms with van der Waals surface area (Å²) in [5, 5.41) is 5.74. The van der Waals surface area contributed by atoms with Crippen molar-refractivity contribution in [2.45, 2.75) is 25.9 Å². The number of halogens is 1. The topological polar surface area (TPSA) is 90.9 Å². The zero-order valence-corrected chi connectivity index (χ0v) is 17.7. The van der Waals surface area contributed by atoms with Crippen LogP contribution in [0.15, 0.2) is 55.1 Å². The first-order valence-corrected chi connectivity index (χ1v) is 10.7. The molecule has 31 heavy (non-hydrogen) atoms. The fourth-order valence-electron chi connectivity index (χ4n) is 3.94. The molecule has 4 heterocycles. The number of anilines is 2. The van der Waals surface area contributed by atoms with Crippen LogP contribution in [-0.2, 0) is 19.5 Å². The third kappa shape index (κ3) is 4.27. The number of imidazole rings is 1. The molecule has 1 atom stereocenters. The van der Waals surface area contributed by atoms with Gasteiger partial charge in [-0.15, -0.1) is 0 Å². The number of ether oxygens (including phenoxy) is 1. The molecule has 0 aliphatic carbocycles. The number of nitrogens with one attached hydrogen (secondary N) is 1. The monoisotopic (exact) mass is 434 g/mol. The molecule has 0 radical (unpaired) electrons. The first-order valence-electron chi connectivity index (χ1n) is 10.3. The second-order valence-electron chi connectivity index (χ2n) is 7.81. The van der Waals surface area contributed by atoms with Crippen molar-refractivity contribution in [3.8, 4) is 5.88 Å². The van der Waals surface area contributed by atoms with Gasteiger partial charge < -0.3 is 20.4 Å². The highest BCUT2D eigenvalue weighted by Gasteiger charge is 2.19. The average molecular weight is 435 g/mol. The van der Waals surface area contributed by atoms with Crippen LogP contribution >= 0.6 is 11.6 Å². The minimum atomic E-state index is 0.461. The summed E-state index contributed by atoms with van der Waals surface area (Å²) < 4.78 is 8.22. The molecule has 5 rings (SSSR count). The number of pyridine rings is 2. The molecule has 158 valence electrons. The van der Waals surface area contributed by atoms with Gasteiger partial charge in [0.2, 0.25) is 5.88 Å². The first kappa shape index (κ1) is 19.6. The predicted molar refractivity (Wildman–Crippen MR) is 122 cm³/mol. The van der Waals surface area contributed by atoms with Gasteiger partial charge in [0.1, 0.15) is 11.6 Å². The van der Waals surface area contributed by atoms with Crippen LogP contribution in [-0.4, -0.2) is 26.1 Å². The van der Waals surface area contributed by atoms with Crippen LogP contribution in [0.3, 0.4) is 0 Å². The van der Waals surface area contributed by atoms with Gasteiger partial charge >= 0.3 is 0 Å². The Morgan fingerprint density at radius 1 is 1.13 bits per heavy atom. The summed E-state index contributed by atoms with van der Waals surface area (Å²) in [6.45, 7) is 2.29. The molecule has 1 aliphatic heterocycles. The molecule has 0 amide bonds. The molecule has 0 fully saturated rings. The zero-order valence-electron chi connectivity index (χ0n) is 17.0. The summed E-state index contributed by atoms with van der Waals surface area (Å²) in [4.78, 5) is 12.9. The fraction of sp³-hybridized carbons (Fsp3) is 0.261. The number of nitrogen functional groups attached to an aromatic ring is 1. The summed E-state index contributed by atoms with van der Waals surface area (Å²) in [5.41, 5.74) is 7.98. The molecule has 0 saturated carbocycles. The highest BCUT2D eigenvalue weighted by Crippen LogP contribution is 2.29. The lowest BCUT2D eigenvalue weighted by atomic mass is 9.99. The van der Waals surface area contributed by atoms with E-state index in [4.69, 9.17) is 22.1 Å². The highest BCUT2D eigenvalue weighted by atomic mass is 35.5. The van der Waals surface area contributed by atoms with E-state index in [1.165, 1.54) is 0 Å². The molecule has 3 aromatic heterocycles. The Morgan fingerprint density at radius 2 is 2.06 bits per heavy atom. The second-order valence-corrected chi connectivity index (χ2v) is 8.22. The van der Waals surface area contributed by atoms with Crippen molar-refractivity contribution in [2.24, 2.45) is 5.92 Å². The number of aromatic nitrogens is 4. The van der Waals surface area contributed by atoms with Crippen LogP contribution in [0.2, 0.25) is 5.02 Å². The van der Waals surface area contributed by atoms with E-state index in [1.807, 2.05) is 42.7 Å². The van der Waals surface area contributed by atoms with Gasteiger partial charge in [0, 0.05) is 72.7 Å². The van der Waals surface area contributed by atoms with Gasteiger partial charge in [-0.25, -0.2) is 15.0 Å². The van der Waals surface area contributed by atoms with Crippen LogP contribution in [0.5, 0.6) is 5.88 Å². The summed E-state index contributed by atoms with van der Waals surface area (Å²) >= 11 is 6.28. The molecular formula is C23H23ClN6O. The lowest BCUT2D eigenvalue weighted by Crippen LogP contribution is -2.24. The van der Waals surface area contributed by atoms with E-state index >= 15 is 0 Å². The fourth-order valence-corrected chi connectivity index (χ4v) is 4.15. The third-order valence-corrected chi connectivity index (χ3v) is 5.99. The quantitative estimate of drug-likeness (QED) is 0.469. The molecule has 0 bridgehead atoms. The molecule has 0 spiro atoms. The Hall–Kier alpha value is -3.32. The number of rotatable bonds is 6. The number of nitrogens with zero attached hydrogens (tertiary/aromatic N) is 4. The number of fused-ring (bicyclic) bond motifs is 2. The van der Waals surface area contributed by atoms with Crippen molar-refractivity contribution in [1.82, 2.24) is 19.5 Å². The Morgan fingerprint density at radius 3 is 3.00 bits per heavy atom. The van der Waals surface area contributed by atoms with Crippen LogP contribution < -0.4 is 15.8 Å². The minimum absolute atomic E-state index is 0.461. The Bertz CT molecular complexity index is 1220. The Balaban J connectivity index is 1.21. The normalized spacial score (nSPS) is 15.6. The molecule has 7 nitrogen and oxygen atoms in total. The summed E-state index contributed by atoms with van der Waals surface area (Å²) in [6, 6.07) is 9.85. The van der Waals surface area contributed by atoms with Crippen molar-refractivity contribution in [2.75, 3.05) is 17.7 Å². The van der Waals surface area contributed by atoms with Crippen LogP contribution in [0.25, 0.3) is 10.8 Å². The maximum Gasteiger partial charge on any atom is 0.213 e. The Labute approximate surface area is 185 Å². The van der Waals surface area contributed by atoms with E-state index in [-0.39, 0.29) is 0 Å². The van der Waals surface area contributed by atoms with E-state index in [9.17, 15) is 0 Å². The summed E-state index contributed by atoms with van der Waals surface area (Å²) in [6.07, 6.45) is 9.30. The van der Waals surface area contributed by atoms with Crippen molar-refractivity contribution in [3.63, 3.8) is 0 Å². The zero-order chi connectivity index (χ0) is 21.2. The van der Waals surface area contributed by atoms with Gasteiger partial charge in [-0.3, -0.25) is 0 Å². The van der Waals surface area contributed by atoms with E-state index in [2.05, 4.69) is 24.8 Å². The summed E-state index contributed by atoms with van der Waals surface area (Å²) in [5.74, 6) is 2.72. The maximum atomic E-state index is 6.28. The van der Waals surface area contributed by atoms with Crippen LogP contribution in [0, 0.1) is 5.92 Å². The van der Waals surface area contributed by atoms with E-state index in [0.717, 1.165) is 47.2 Å². The molecule has 1 aromatic carbocycles. The smallest absolute Gasteiger partial charge is 0.213 e. The minimum Gasteiger partial charge on any atom is -0.477 e. The number of aryl methyl sites for hydroxylation is 1. The standard InChI is InChI=1S/C23H23ClN6O/c24-20-13-29-23(25)18-2-1-17(11-19(18)20)28-12-15-3-5-27-22(10-15)31-14-16-4-7-30-8-6-26-21(30)9-16/h1-3,5-6,8,10-11,13,16,28H,4,7,9,12,14H2,(H2,25,29)/t16-/m0/s1. The first-order chi connectivity index (χ1) is 15.2. The SMILES string of the molecule is Nc1ncc(Cl)c2cc(NCc3ccnc(OC[C@H]4CCn5ccnc5C4)c3)ccc12. The lowest BCUT2D eigenvalue weighted by molar-refractivity contribution is 0.212. The molecule has 4 aromatic rings. The van der Waals surface area contributed by atoms with E-state index < -0.39 is 0 Å². The van der Waals surface area contributed by atoms with Gasteiger partial charge in [0.15, 0.2) is 0 Å². The predicted octanol–water partition coefficient (Wildman–Crippen LogP) is 4.32.